The van der Waals surface area contributed by atoms with Crippen molar-refractivity contribution in [3.63, 3.8) is 0 Å². The summed E-state index contributed by atoms with van der Waals surface area (Å²) in [7, 11) is 0. The monoisotopic (exact) mass is 283 g/mol. The maximum absolute atomic E-state index is 12.8. The zero-order valence-corrected chi connectivity index (χ0v) is 12.7. The van der Waals surface area contributed by atoms with E-state index in [0.29, 0.717) is 17.8 Å². The first-order valence-corrected chi connectivity index (χ1v) is 7.02. The van der Waals surface area contributed by atoms with Gasteiger partial charge in [0.1, 0.15) is 0 Å². The Morgan fingerprint density at radius 2 is 1.86 bits per heavy atom. The predicted molar refractivity (Wildman–Crippen MR) is 87.5 cm³/mol. The second-order valence-electron chi connectivity index (χ2n) is 5.08. The van der Waals surface area contributed by atoms with Gasteiger partial charge in [-0.25, -0.2) is 0 Å². The molecule has 0 spiro atoms. The lowest BCUT2D eigenvalue weighted by molar-refractivity contribution is 0.0989. The van der Waals surface area contributed by atoms with Crippen molar-refractivity contribution in [3.05, 3.63) is 59.2 Å². The predicted octanol–water partition coefficient (Wildman–Crippen LogP) is 3.26. The van der Waals surface area contributed by atoms with Crippen LogP contribution in [0.5, 0.6) is 0 Å². The van der Waals surface area contributed by atoms with Gasteiger partial charge in [0.05, 0.1) is 11.3 Å². The molecule has 1 amide bonds. The van der Waals surface area contributed by atoms with Crippen molar-refractivity contribution in [2.75, 3.05) is 16.9 Å². The molecule has 2 aromatic rings. The highest BCUT2D eigenvalue weighted by atomic mass is 16.2. The Morgan fingerprint density at radius 1 is 1.14 bits per heavy atom. The lowest BCUT2D eigenvalue weighted by Gasteiger charge is -2.23. The molecule has 2 rings (SSSR count). The van der Waals surface area contributed by atoms with Crippen LogP contribution in [0.15, 0.2) is 42.5 Å². The molecule has 0 aliphatic rings. The summed E-state index contributed by atoms with van der Waals surface area (Å²) in [5.41, 5.74) is 6.90. The quantitative estimate of drug-likeness (QED) is 0.669. The average Bonchev–Trinajstić information content (AvgIpc) is 2.47. The molecular formula is C17H21N3O. The Morgan fingerprint density at radius 3 is 2.48 bits per heavy atom. The number of nitrogens with two attached hydrogens (primary N) is 1. The number of nitrogens with one attached hydrogen (secondary N) is 1. The fourth-order valence-electron chi connectivity index (χ4n) is 2.35. The number of hydrazine groups is 1. The minimum atomic E-state index is -0.0592. The van der Waals surface area contributed by atoms with Crippen molar-refractivity contribution in [2.45, 2.75) is 20.8 Å². The van der Waals surface area contributed by atoms with E-state index in [9.17, 15) is 4.79 Å². The molecule has 0 atom stereocenters. The van der Waals surface area contributed by atoms with Gasteiger partial charge in [-0.3, -0.25) is 10.6 Å². The summed E-state index contributed by atoms with van der Waals surface area (Å²) in [5, 5.41) is 0. The molecule has 0 saturated heterocycles. The molecular weight excluding hydrogens is 262 g/mol. The summed E-state index contributed by atoms with van der Waals surface area (Å²) in [6.07, 6.45) is 0. The molecule has 4 heteroatoms. The van der Waals surface area contributed by atoms with Crippen molar-refractivity contribution in [2.24, 2.45) is 5.84 Å². The second-order valence-corrected chi connectivity index (χ2v) is 5.08. The number of carbonyl (C=O) groups is 1. The molecule has 0 aliphatic heterocycles. The third-order valence-electron chi connectivity index (χ3n) is 3.44. The number of nitrogen functional groups attached to an aromatic ring is 1. The van der Waals surface area contributed by atoms with E-state index < -0.39 is 0 Å². The van der Waals surface area contributed by atoms with Gasteiger partial charge in [-0.1, -0.05) is 18.2 Å². The van der Waals surface area contributed by atoms with Crippen LogP contribution in [0.4, 0.5) is 11.4 Å². The first-order chi connectivity index (χ1) is 10.1. The third kappa shape index (κ3) is 3.23. The highest BCUT2D eigenvalue weighted by Gasteiger charge is 2.19. The molecule has 0 fully saturated rings. The van der Waals surface area contributed by atoms with Crippen LogP contribution in [0.3, 0.4) is 0 Å². The number of rotatable bonds is 4. The largest absolute Gasteiger partial charge is 0.323 e. The lowest BCUT2D eigenvalue weighted by Crippen LogP contribution is -2.31. The first kappa shape index (κ1) is 15.1. The van der Waals surface area contributed by atoms with Gasteiger partial charge in [0.15, 0.2) is 0 Å². The molecule has 4 nitrogen and oxygen atoms in total. The van der Waals surface area contributed by atoms with Gasteiger partial charge in [-0.2, -0.15) is 0 Å². The van der Waals surface area contributed by atoms with Crippen molar-refractivity contribution in [3.8, 4) is 0 Å². The van der Waals surface area contributed by atoms with Gasteiger partial charge < -0.3 is 10.3 Å². The van der Waals surface area contributed by atoms with E-state index in [1.54, 1.807) is 4.90 Å². The number of amides is 1. The number of benzene rings is 2. The summed E-state index contributed by atoms with van der Waals surface area (Å²) in [5.74, 6) is 5.48. The van der Waals surface area contributed by atoms with Crippen LogP contribution in [0, 0.1) is 13.8 Å². The second kappa shape index (κ2) is 6.41. The Balaban J connectivity index is 2.41. The highest BCUT2D eigenvalue weighted by Crippen LogP contribution is 2.23. The van der Waals surface area contributed by atoms with Gasteiger partial charge in [0, 0.05) is 12.2 Å². The Labute approximate surface area is 125 Å². The lowest BCUT2D eigenvalue weighted by atomic mass is 10.1. The van der Waals surface area contributed by atoms with Crippen LogP contribution < -0.4 is 16.2 Å². The van der Waals surface area contributed by atoms with E-state index in [-0.39, 0.29) is 5.91 Å². The summed E-state index contributed by atoms with van der Waals surface area (Å²) in [6, 6.07) is 13.5. The highest BCUT2D eigenvalue weighted by molar-refractivity contribution is 6.09. The molecule has 0 saturated carbocycles. The average molecular weight is 283 g/mol. The molecule has 0 unspecified atom stereocenters. The maximum atomic E-state index is 12.8. The standard InChI is InChI=1S/C17H21N3O/c1-4-20(14-7-5-6-12(2)10-14)17(21)15-9-8-13(3)11-16(15)19-18/h5-11,19H,4,18H2,1-3H3. The summed E-state index contributed by atoms with van der Waals surface area (Å²) >= 11 is 0. The number of hydrogen-bond donors (Lipinski definition) is 2. The number of hydrogen-bond acceptors (Lipinski definition) is 3. The van der Waals surface area contributed by atoms with Gasteiger partial charge in [0.25, 0.3) is 5.91 Å². The van der Waals surface area contributed by atoms with Crippen molar-refractivity contribution < 1.29 is 4.79 Å². The molecule has 110 valence electrons. The molecule has 0 aromatic heterocycles. The van der Waals surface area contributed by atoms with E-state index in [4.69, 9.17) is 5.84 Å². The van der Waals surface area contributed by atoms with Crippen LogP contribution in [-0.2, 0) is 0 Å². The first-order valence-electron chi connectivity index (χ1n) is 7.02. The SMILES string of the molecule is CCN(C(=O)c1ccc(C)cc1NN)c1cccc(C)c1. The minimum Gasteiger partial charge on any atom is -0.323 e. The minimum absolute atomic E-state index is 0.0592. The van der Waals surface area contributed by atoms with Crippen LogP contribution >= 0.6 is 0 Å². The Hall–Kier alpha value is -2.33. The Bertz CT molecular complexity index is 652. The maximum Gasteiger partial charge on any atom is 0.260 e. The van der Waals surface area contributed by atoms with E-state index in [1.807, 2.05) is 63.2 Å². The number of anilines is 2. The van der Waals surface area contributed by atoms with Gasteiger partial charge >= 0.3 is 0 Å². The van der Waals surface area contributed by atoms with Crippen LogP contribution in [0.2, 0.25) is 0 Å². The summed E-state index contributed by atoms with van der Waals surface area (Å²) in [4.78, 5) is 14.6. The normalized spacial score (nSPS) is 10.3. The van der Waals surface area contributed by atoms with E-state index >= 15 is 0 Å². The van der Waals surface area contributed by atoms with Crippen molar-refractivity contribution >= 4 is 17.3 Å². The smallest absolute Gasteiger partial charge is 0.260 e. The van der Waals surface area contributed by atoms with Crippen LogP contribution in [0.1, 0.15) is 28.4 Å². The molecule has 0 radical (unpaired) electrons. The third-order valence-corrected chi connectivity index (χ3v) is 3.44. The van der Waals surface area contributed by atoms with E-state index in [2.05, 4.69) is 5.43 Å². The molecule has 21 heavy (non-hydrogen) atoms. The van der Waals surface area contributed by atoms with E-state index in [0.717, 1.165) is 16.8 Å². The van der Waals surface area contributed by atoms with Crippen LogP contribution in [-0.4, -0.2) is 12.5 Å². The molecule has 0 aliphatic carbocycles. The topological polar surface area (TPSA) is 58.4 Å². The Kier molecular flexibility index (Phi) is 4.60. The molecule has 0 heterocycles. The van der Waals surface area contributed by atoms with Gasteiger partial charge in [0.2, 0.25) is 0 Å². The zero-order valence-electron chi connectivity index (χ0n) is 12.7. The molecule has 3 N–H and O–H groups in total. The van der Waals surface area contributed by atoms with Crippen LogP contribution in [0.25, 0.3) is 0 Å². The summed E-state index contributed by atoms with van der Waals surface area (Å²) < 4.78 is 0. The van der Waals surface area contributed by atoms with Gasteiger partial charge in [-0.05, 0) is 56.2 Å². The fourth-order valence-corrected chi connectivity index (χ4v) is 2.35. The number of aryl methyl sites for hydroxylation is 2. The van der Waals surface area contributed by atoms with Crippen molar-refractivity contribution in [1.82, 2.24) is 0 Å². The van der Waals surface area contributed by atoms with Gasteiger partial charge in [-0.15, -0.1) is 0 Å². The summed E-state index contributed by atoms with van der Waals surface area (Å²) in [6.45, 7) is 6.54. The van der Waals surface area contributed by atoms with Crippen molar-refractivity contribution in [1.29, 1.82) is 0 Å². The number of carbonyl (C=O) groups excluding carboxylic acids is 1. The van der Waals surface area contributed by atoms with E-state index in [1.165, 1.54) is 0 Å². The fraction of sp³-hybridized carbons (Fsp3) is 0.235. The number of nitrogens with zero attached hydrogens (tertiary/aromatic N) is 1. The molecule has 0 bridgehead atoms. The molecule has 2 aromatic carbocycles. The zero-order chi connectivity index (χ0) is 15.4.